The monoisotopic (exact) mass is 292 g/mol. The summed E-state index contributed by atoms with van der Waals surface area (Å²) >= 11 is 6.05. The Morgan fingerprint density at radius 1 is 1.35 bits per heavy atom. The molecule has 2 heterocycles. The molecule has 0 unspecified atom stereocenters. The lowest BCUT2D eigenvalue weighted by Crippen LogP contribution is -2.29. The summed E-state index contributed by atoms with van der Waals surface area (Å²) in [5.41, 5.74) is 0. The summed E-state index contributed by atoms with van der Waals surface area (Å²) in [6, 6.07) is 0.552. The molecule has 0 N–H and O–H groups in total. The second-order valence-corrected chi connectivity index (χ2v) is 5.29. The molecule has 1 saturated carbocycles. The lowest BCUT2D eigenvalue weighted by Gasteiger charge is -2.22. The average molecular weight is 293 g/mol. The lowest BCUT2D eigenvalue weighted by atomic mass is 10.3. The van der Waals surface area contributed by atoms with Crippen LogP contribution in [0.2, 0.25) is 5.28 Å². The van der Waals surface area contributed by atoms with E-state index < -0.39 is 0 Å². The highest BCUT2D eigenvalue weighted by molar-refractivity contribution is 6.28. The van der Waals surface area contributed by atoms with E-state index in [1.54, 1.807) is 23.3 Å². The van der Waals surface area contributed by atoms with Crippen LogP contribution in [0.3, 0.4) is 0 Å². The second kappa shape index (κ2) is 5.75. The van der Waals surface area contributed by atoms with Crippen molar-refractivity contribution < 1.29 is 0 Å². The molecule has 7 heteroatoms. The molecule has 106 valence electrons. The summed E-state index contributed by atoms with van der Waals surface area (Å²) in [5, 5.41) is 0.223. The molecular weight excluding hydrogens is 276 g/mol. The Morgan fingerprint density at radius 2 is 2.20 bits per heavy atom. The molecule has 0 radical (unpaired) electrons. The topological polar surface area (TPSA) is 59.7 Å². The molecule has 0 spiro atoms. The van der Waals surface area contributed by atoms with Crippen LogP contribution in [0.5, 0.6) is 0 Å². The Balaban J connectivity index is 1.91. The number of aromatic nitrogens is 5. The van der Waals surface area contributed by atoms with Gasteiger partial charge in [-0.05, 0) is 30.9 Å². The Hall–Kier alpha value is -1.69. The summed E-state index contributed by atoms with van der Waals surface area (Å²) in [6.45, 7) is 3.15. The van der Waals surface area contributed by atoms with Crippen molar-refractivity contribution >= 4 is 17.5 Å². The van der Waals surface area contributed by atoms with Gasteiger partial charge < -0.3 is 4.90 Å². The summed E-state index contributed by atoms with van der Waals surface area (Å²) in [6.07, 6.45) is 9.82. The van der Waals surface area contributed by atoms with Crippen LogP contribution < -0.4 is 4.90 Å². The van der Waals surface area contributed by atoms with Crippen molar-refractivity contribution in [3.05, 3.63) is 24.0 Å². The summed E-state index contributed by atoms with van der Waals surface area (Å²) in [5.74, 6) is 1.18. The summed E-state index contributed by atoms with van der Waals surface area (Å²) in [7, 11) is 0. The van der Waals surface area contributed by atoms with Crippen LogP contribution in [-0.2, 0) is 0 Å². The van der Waals surface area contributed by atoms with Crippen molar-refractivity contribution in [2.75, 3.05) is 11.4 Å². The van der Waals surface area contributed by atoms with Gasteiger partial charge in [0.25, 0.3) is 0 Å². The van der Waals surface area contributed by atoms with Gasteiger partial charge in [-0.2, -0.15) is 15.0 Å². The minimum Gasteiger partial charge on any atom is -0.338 e. The normalized spacial score (nSPS) is 14.5. The second-order valence-electron chi connectivity index (χ2n) is 4.95. The molecule has 0 atom stereocenters. The SMILES string of the molecule is CCCCN(c1nc(Cl)nc(-n2ccnc2)n1)C1CC1. The third-order valence-electron chi connectivity index (χ3n) is 3.32. The third kappa shape index (κ3) is 2.90. The fourth-order valence-electron chi connectivity index (χ4n) is 2.11. The number of hydrogen-bond donors (Lipinski definition) is 0. The standard InChI is InChI=1S/C13H17ClN6/c1-2-3-7-20(10-4-5-10)13-17-11(14)16-12(18-13)19-8-6-15-9-19/h6,8-10H,2-5,7H2,1H3. The van der Waals surface area contributed by atoms with Gasteiger partial charge in [-0.3, -0.25) is 4.57 Å². The van der Waals surface area contributed by atoms with Crippen LogP contribution in [0.4, 0.5) is 5.95 Å². The van der Waals surface area contributed by atoms with Gasteiger partial charge in [0.2, 0.25) is 17.2 Å². The van der Waals surface area contributed by atoms with Crippen molar-refractivity contribution in [2.45, 2.75) is 38.6 Å². The third-order valence-corrected chi connectivity index (χ3v) is 3.49. The molecule has 2 aromatic heterocycles. The molecule has 0 aliphatic heterocycles. The van der Waals surface area contributed by atoms with Crippen LogP contribution in [0.15, 0.2) is 18.7 Å². The zero-order valence-corrected chi connectivity index (χ0v) is 12.2. The van der Waals surface area contributed by atoms with Crippen molar-refractivity contribution in [1.82, 2.24) is 24.5 Å². The van der Waals surface area contributed by atoms with Crippen molar-refractivity contribution in [3.63, 3.8) is 0 Å². The Labute approximate surface area is 122 Å². The number of imidazole rings is 1. The van der Waals surface area contributed by atoms with E-state index in [0.29, 0.717) is 17.9 Å². The number of anilines is 1. The maximum absolute atomic E-state index is 6.05. The van der Waals surface area contributed by atoms with E-state index >= 15 is 0 Å². The molecule has 1 fully saturated rings. The molecule has 0 bridgehead atoms. The van der Waals surface area contributed by atoms with E-state index in [4.69, 9.17) is 11.6 Å². The van der Waals surface area contributed by atoms with Crippen molar-refractivity contribution in [1.29, 1.82) is 0 Å². The average Bonchev–Trinajstić information content (AvgIpc) is 3.12. The molecule has 2 aromatic rings. The number of unbranched alkanes of at least 4 members (excludes halogenated alkanes) is 1. The lowest BCUT2D eigenvalue weighted by molar-refractivity contribution is 0.688. The van der Waals surface area contributed by atoms with E-state index in [-0.39, 0.29) is 5.28 Å². The number of rotatable bonds is 6. The van der Waals surface area contributed by atoms with Crippen LogP contribution in [-0.4, -0.2) is 37.1 Å². The molecule has 6 nitrogen and oxygen atoms in total. The van der Waals surface area contributed by atoms with E-state index in [0.717, 1.165) is 19.4 Å². The van der Waals surface area contributed by atoms with Crippen LogP contribution in [0, 0.1) is 0 Å². The van der Waals surface area contributed by atoms with Gasteiger partial charge in [0.05, 0.1) is 0 Å². The van der Waals surface area contributed by atoms with Gasteiger partial charge in [0, 0.05) is 25.0 Å². The molecule has 0 aromatic carbocycles. The highest BCUT2D eigenvalue weighted by Crippen LogP contribution is 2.30. The fraction of sp³-hybridized carbons (Fsp3) is 0.538. The first kappa shape index (κ1) is 13.3. The van der Waals surface area contributed by atoms with E-state index in [9.17, 15) is 0 Å². The molecule has 1 aliphatic rings. The maximum Gasteiger partial charge on any atom is 0.241 e. The molecular formula is C13H17ClN6. The zero-order chi connectivity index (χ0) is 13.9. The van der Waals surface area contributed by atoms with Gasteiger partial charge in [-0.1, -0.05) is 13.3 Å². The molecule has 20 heavy (non-hydrogen) atoms. The fourth-order valence-corrected chi connectivity index (χ4v) is 2.26. The number of halogens is 1. The smallest absolute Gasteiger partial charge is 0.241 e. The zero-order valence-electron chi connectivity index (χ0n) is 11.4. The molecule has 1 aliphatic carbocycles. The highest BCUT2D eigenvalue weighted by atomic mass is 35.5. The van der Waals surface area contributed by atoms with E-state index in [2.05, 4.69) is 31.8 Å². The Kier molecular flexibility index (Phi) is 3.82. The van der Waals surface area contributed by atoms with Crippen molar-refractivity contribution in [3.8, 4) is 5.95 Å². The minimum atomic E-state index is 0.223. The Bertz CT molecular complexity index is 566. The van der Waals surface area contributed by atoms with E-state index in [1.165, 1.54) is 12.8 Å². The van der Waals surface area contributed by atoms with Crippen LogP contribution in [0.1, 0.15) is 32.6 Å². The molecule has 0 amide bonds. The number of hydrogen-bond acceptors (Lipinski definition) is 5. The first-order valence-corrected chi connectivity index (χ1v) is 7.32. The van der Waals surface area contributed by atoms with Gasteiger partial charge in [0.1, 0.15) is 6.33 Å². The number of nitrogens with zero attached hydrogens (tertiary/aromatic N) is 6. The summed E-state index contributed by atoms with van der Waals surface area (Å²) < 4.78 is 1.74. The predicted octanol–water partition coefficient (Wildman–Crippen LogP) is 2.48. The van der Waals surface area contributed by atoms with Crippen LogP contribution in [0.25, 0.3) is 5.95 Å². The highest BCUT2D eigenvalue weighted by Gasteiger charge is 2.31. The van der Waals surface area contributed by atoms with Gasteiger partial charge >= 0.3 is 0 Å². The molecule has 3 rings (SSSR count). The first-order valence-electron chi connectivity index (χ1n) is 6.94. The maximum atomic E-state index is 6.05. The molecule has 0 saturated heterocycles. The predicted molar refractivity (Wildman–Crippen MR) is 77.2 cm³/mol. The quantitative estimate of drug-likeness (QED) is 0.818. The van der Waals surface area contributed by atoms with E-state index in [1.807, 2.05) is 0 Å². The van der Waals surface area contributed by atoms with Gasteiger partial charge in [-0.25, -0.2) is 4.98 Å². The minimum absolute atomic E-state index is 0.223. The Morgan fingerprint density at radius 3 is 2.85 bits per heavy atom. The van der Waals surface area contributed by atoms with Gasteiger partial charge in [-0.15, -0.1) is 0 Å². The largest absolute Gasteiger partial charge is 0.338 e. The van der Waals surface area contributed by atoms with Crippen molar-refractivity contribution in [2.24, 2.45) is 0 Å². The summed E-state index contributed by atoms with van der Waals surface area (Å²) in [4.78, 5) is 19.2. The first-order chi connectivity index (χ1) is 9.78. The van der Waals surface area contributed by atoms with Gasteiger partial charge in [0.15, 0.2) is 0 Å². The van der Waals surface area contributed by atoms with Crippen LogP contribution >= 0.6 is 11.6 Å².